The van der Waals surface area contributed by atoms with E-state index in [4.69, 9.17) is 0 Å². The van der Waals surface area contributed by atoms with Crippen LogP contribution >= 0.6 is 0 Å². The van der Waals surface area contributed by atoms with Crippen molar-refractivity contribution in [1.82, 2.24) is 20.3 Å². The number of hydrogen-bond acceptors (Lipinski definition) is 8. The number of aromatic nitrogens is 3. The van der Waals surface area contributed by atoms with Gasteiger partial charge in [-0.15, -0.1) is 0 Å². The standard InChI is InChI=1S/C16H17F3N8/c1-21-14-11(16(17,18)19)8-24-15(27-14)26-10-4-12(13(5-20)23-7-10)25-9-2-3-22-6-9/h4,7-9,22,25H,2-3,6H2,1H3,(H2,21,24,26,27)/t9-/m1/s1. The van der Waals surface area contributed by atoms with Gasteiger partial charge in [0.05, 0.1) is 17.6 Å². The third kappa shape index (κ3) is 4.35. The largest absolute Gasteiger partial charge is 0.421 e. The van der Waals surface area contributed by atoms with Crippen molar-refractivity contribution in [2.45, 2.75) is 18.6 Å². The summed E-state index contributed by atoms with van der Waals surface area (Å²) in [4.78, 5) is 11.6. The highest BCUT2D eigenvalue weighted by Crippen LogP contribution is 2.34. The van der Waals surface area contributed by atoms with Crippen LogP contribution in [0.4, 0.5) is 36.3 Å². The molecule has 2 aromatic rings. The first kappa shape index (κ1) is 18.7. The van der Waals surface area contributed by atoms with Crippen molar-refractivity contribution in [3.05, 3.63) is 29.7 Å². The molecule has 2 aromatic heterocycles. The number of alkyl halides is 3. The summed E-state index contributed by atoms with van der Waals surface area (Å²) in [6, 6.07) is 3.85. The van der Waals surface area contributed by atoms with Crippen molar-refractivity contribution >= 4 is 23.1 Å². The molecular weight excluding hydrogens is 361 g/mol. The highest BCUT2D eigenvalue weighted by atomic mass is 19.4. The van der Waals surface area contributed by atoms with E-state index in [9.17, 15) is 18.4 Å². The second-order valence-electron chi connectivity index (χ2n) is 5.89. The monoisotopic (exact) mass is 378 g/mol. The summed E-state index contributed by atoms with van der Waals surface area (Å²) in [7, 11) is 1.35. The van der Waals surface area contributed by atoms with Crippen molar-refractivity contribution in [2.24, 2.45) is 0 Å². The van der Waals surface area contributed by atoms with Crippen LogP contribution in [0.25, 0.3) is 0 Å². The molecule has 0 bridgehead atoms. The maximum Gasteiger partial charge on any atom is 0.421 e. The predicted molar refractivity (Wildman–Crippen MR) is 93.7 cm³/mol. The fraction of sp³-hybridized carbons (Fsp3) is 0.375. The summed E-state index contributed by atoms with van der Waals surface area (Å²) >= 11 is 0. The van der Waals surface area contributed by atoms with Crippen LogP contribution in [0.3, 0.4) is 0 Å². The first-order chi connectivity index (χ1) is 12.9. The Hall–Kier alpha value is -3.13. The molecule has 4 N–H and O–H groups in total. The highest BCUT2D eigenvalue weighted by Gasteiger charge is 2.35. The Bertz CT molecular complexity index is 856. The summed E-state index contributed by atoms with van der Waals surface area (Å²) in [6.45, 7) is 1.66. The molecule has 0 spiro atoms. The molecule has 0 radical (unpaired) electrons. The third-order valence-corrected chi connectivity index (χ3v) is 4.00. The molecule has 0 aromatic carbocycles. The maximum absolute atomic E-state index is 12.9. The van der Waals surface area contributed by atoms with Gasteiger partial charge in [0.25, 0.3) is 0 Å². The Kier molecular flexibility index (Phi) is 5.27. The number of nitrogens with zero attached hydrogens (tertiary/aromatic N) is 4. The lowest BCUT2D eigenvalue weighted by Crippen LogP contribution is -2.22. The molecule has 11 heteroatoms. The summed E-state index contributed by atoms with van der Waals surface area (Å²) < 4.78 is 38.8. The average molecular weight is 378 g/mol. The Balaban J connectivity index is 1.84. The van der Waals surface area contributed by atoms with Gasteiger partial charge < -0.3 is 21.3 Å². The molecular formula is C16H17F3N8. The van der Waals surface area contributed by atoms with Crippen LogP contribution in [0.1, 0.15) is 17.7 Å². The smallest absolute Gasteiger partial charge is 0.379 e. The van der Waals surface area contributed by atoms with E-state index in [1.54, 1.807) is 6.07 Å². The lowest BCUT2D eigenvalue weighted by Gasteiger charge is -2.15. The molecule has 3 heterocycles. The lowest BCUT2D eigenvalue weighted by molar-refractivity contribution is -0.137. The molecule has 1 atom stereocenters. The Labute approximate surface area is 153 Å². The molecule has 1 fully saturated rings. The normalized spacial score (nSPS) is 16.6. The molecule has 1 aliphatic rings. The van der Waals surface area contributed by atoms with Gasteiger partial charge in [-0.05, 0) is 19.0 Å². The first-order valence-electron chi connectivity index (χ1n) is 8.17. The average Bonchev–Trinajstić information content (AvgIpc) is 3.14. The number of pyridine rings is 1. The topological polar surface area (TPSA) is 111 Å². The molecule has 1 aliphatic heterocycles. The van der Waals surface area contributed by atoms with Gasteiger partial charge in [-0.3, -0.25) is 0 Å². The van der Waals surface area contributed by atoms with Crippen LogP contribution in [0.2, 0.25) is 0 Å². The van der Waals surface area contributed by atoms with E-state index in [-0.39, 0.29) is 23.5 Å². The van der Waals surface area contributed by atoms with Gasteiger partial charge in [-0.1, -0.05) is 0 Å². The van der Waals surface area contributed by atoms with Gasteiger partial charge in [0.15, 0.2) is 5.69 Å². The lowest BCUT2D eigenvalue weighted by atomic mass is 10.2. The van der Waals surface area contributed by atoms with E-state index in [1.807, 2.05) is 6.07 Å². The molecule has 27 heavy (non-hydrogen) atoms. The van der Waals surface area contributed by atoms with E-state index in [0.29, 0.717) is 17.6 Å². The quantitative estimate of drug-likeness (QED) is 0.627. The second kappa shape index (κ2) is 7.63. The van der Waals surface area contributed by atoms with E-state index in [1.165, 1.54) is 13.2 Å². The predicted octanol–water partition coefficient (Wildman–Crippen LogP) is 2.32. The molecule has 8 nitrogen and oxygen atoms in total. The SMILES string of the molecule is CNc1nc(Nc2cnc(C#N)c(N[C@@H]3CCNC3)c2)ncc1C(F)(F)F. The van der Waals surface area contributed by atoms with E-state index >= 15 is 0 Å². The zero-order valence-corrected chi connectivity index (χ0v) is 14.4. The zero-order chi connectivity index (χ0) is 19.4. The fourth-order valence-electron chi connectivity index (χ4n) is 2.70. The molecule has 1 saturated heterocycles. The van der Waals surface area contributed by atoms with Crippen LogP contribution in [0.5, 0.6) is 0 Å². The van der Waals surface area contributed by atoms with Crippen LogP contribution in [-0.2, 0) is 6.18 Å². The van der Waals surface area contributed by atoms with Crippen molar-refractivity contribution in [3.63, 3.8) is 0 Å². The molecule has 0 aliphatic carbocycles. The minimum Gasteiger partial charge on any atom is -0.379 e. The first-order valence-corrected chi connectivity index (χ1v) is 8.17. The Morgan fingerprint density at radius 2 is 2.11 bits per heavy atom. The van der Waals surface area contributed by atoms with Gasteiger partial charge >= 0.3 is 6.18 Å². The van der Waals surface area contributed by atoms with Crippen molar-refractivity contribution < 1.29 is 13.2 Å². The van der Waals surface area contributed by atoms with Crippen molar-refractivity contribution in [2.75, 3.05) is 36.1 Å². The van der Waals surface area contributed by atoms with Gasteiger partial charge in [0.1, 0.15) is 17.5 Å². The molecule has 0 saturated carbocycles. The van der Waals surface area contributed by atoms with E-state index in [0.717, 1.165) is 19.5 Å². The molecule has 0 amide bonds. The number of halogens is 3. The van der Waals surface area contributed by atoms with Crippen LogP contribution in [0.15, 0.2) is 18.5 Å². The highest BCUT2D eigenvalue weighted by molar-refractivity contribution is 5.65. The van der Waals surface area contributed by atoms with Gasteiger partial charge in [-0.2, -0.15) is 23.4 Å². The van der Waals surface area contributed by atoms with Crippen molar-refractivity contribution in [1.29, 1.82) is 5.26 Å². The van der Waals surface area contributed by atoms with Crippen LogP contribution in [0, 0.1) is 11.3 Å². The zero-order valence-electron chi connectivity index (χ0n) is 14.4. The van der Waals surface area contributed by atoms with Gasteiger partial charge in [0.2, 0.25) is 5.95 Å². The number of anilines is 4. The minimum atomic E-state index is -4.56. The Morgan fingerprint density at radius 1 is 1.30 bits per heavy atom. The summed E-state index contributed by atoms with van der Waals surface area (Å²) in [5.41, 5.74) is 0.266. The summed E-state index contributed by atoms with van der Waals surface area (Å²) in [5, 5.41) is 20.9. The number of hydrogen-bond donors (Lipinski definition) is 4. The number of rotatable bonds is 5. The molecule has 142 valence electrons. The van der Waals surface area contributed by atoms with E-state index in [2.05, 4.69) is 36.2 Å². The van der Waals surface area contributed by atoms with Crippen molar-refractivity contribution in [3.8, 4) is 6.07 Å². The summed E-state index contributed by atoms with van der Waals surface area (Å²) in [5.74, 6) is -0.357. The van der Waals surface area contributed by atoms with Crippen LogP contribution in [-0.4, -0.2) is 41.1 Å². The van der Waals surface area contributed by atoms with Gasteiger partial charge in [-0.25, -0.2) is 9.97 Å². The molecule has 3 rings (SSSR count). The third-order valence-electron chi connectivity index (χ3n) is 4.00. The number of nitriles is 1. The fourth-order valence-corrected chi connectivity index (χ4v) is 2.70. The number of nitrogens with one attached hydrogen (secondary N) is 4. The summed E-state index contributed by atoms with van der Waals surface area (Å²) in [6.07, 6.45) is -1.53. The van der Waals surface area contributed by atoms with Crippen LogP contribution < -0.4 is 21.3 Å². The Morgan fingerprint density at radius 3 is 2.74 bits per heavy atom. The van der Waals surface area contributed by atoms with E-state index < -0.39 is 11.7 Å². The van der Waals surface area contributed by atoms with Gasteiger partial charge in [0, 0.05) is 25.8 Å². The molecule has 0 unspecified atom stereocenters. The minimum absolute atomic E-state index is 0.0210. The maximum atomic E-state index is 12.9. The second-order valence-corrected chi connectivity index (χ2v) is 5.89.